The van der Waals surface area contributed by atoms with Crippen molar-refractivity contribution in [2.45, 2.75) is 20.0 Å². The summed E-state index contributed by atoms with van der Waals surface area (Å²) in [4.78, 5) is 6.26. The molecule has 0 fully saturated rings. The lowest BCUT2D eigenvalue weighted by Gasteiger charge is -2.18. The van der Waals surface area contributed by atoms with Gasteiger partial charge in [-0.1, -0.05) is 35.9 Å². The number of aryl methyl sites for hydroxylation is 1. The summed E-state index contributed by atoms with van der Waals surface area (Å²) in [6, 6.07) is 12.4. The van der Waals surface area contributed by atoms with Gasteiger partial charge in [0, 0.05) is 19.3 Å². The van der Waals surface area contributed by atoms with E-state index >= 15 is 0 Å². The third kappa shape index (κ3) is 3.56. The van der Waals surface area contributed by atoms with Crippen LogP contribution in [0.15, 0.2) is 42.6 Å². The molecule has 2 rings (SSSR count). The van der Waals surface area contributed by atoms with Gasteiger partial charge in [0.1, 0.15) is 5.15 Å². The fourth-order valence-corrected chi connectivity index (χ4v) is 2.18. The van der Waals surface area contributed by atoms with Gasteiger partial charge in [0.25, 0.3) is 0 Å². The molecular formula is C15H17ClN2. The van der Waals surface area contributed by atoms with Crippen molar-refractivity contribution < 1.29 is 0 Å². The molecule has 0 N–H and O–H groups in total. The minimum absolute atomic E-state index is 0.553. The third-order valence-electron chi connectivity index (χ3n) is 2.94. The average Bonchev–Trinajstić information content (AvgIpc) is 2.32. The Morgan fingerprint density at radius 1 is 1.17 bits per heavy atom. The van der Waals surface area contributed by atoms with Crippen LogP contribution in [0.5, 0.6) is 0 Å². The van der Waals surface area contributed by atoms with E-state index in [0.29, 0.717) is 5.15 Å². The molecule has 1 aromatic heterocycles. The first-order valence-electron chi connectivity index (χ1n) is 5.98. The molecule has 2 aromatic rings. The number of aromatic nitrogens is 1. The highest BCUT2D eigenvalue weighted by atomic mass is 35.5. The average molecular weight is 261 g/mol. The summed E-state index contributed by atoms with van der Waals surface area (Å²) in [5.74, 6) is 0. The molecule has 1 heterocycles. The lowest BCUT2D eigenvalue weighted by Crippen LogP contribution is -2.17. The van der Waals surface area contributed by atoms with Gasteiger partial charge in [-0.15, -0.1) is 0 Å². The maximum atomic E-state index is 5.88. The molecule has 18 heavy (non-hydrogen) atoms. The minimum Gasteiger partial charge on any atom is -0.298 e. The van der Waals surface area contributed by atoms with Crippen molar-refractivity contribution in [1.29, 1.82) is 0 Å². The SMILES string of the molecule is Cc1ccccc1CN(C)Cc1ccnc(Cl)c1. The van der Waals surface area contributed by atoms with Gasteiger partial charge in [-0.05, 0) is 42.8 Å². The lowest BCUT2D eigenvalue weighted by molar-refractivity contribution is 0.318. The van der Waals surface area contributed by atoms with Crippen molar-refractivity contribution in [2.75, 3.05) is 7.05 Å². The van der Waals surface area contributed by atoms with E-state index in [1.165, 1.54) is 16.7 Å². The van der Waals surface area contributed by atoms with E-state index in [1.54, 1.807) is 6.20 Å². The first-order valence-corrected chi connectivity index (χ1v) is 6.36. The molecular weight excluding hydrogens is 244 g/mol. The van der Waals surface area contributed by atoms with Crippen LogP contribution in [0.4, 0.5) is 0 Å². The standard InChI is InChI=1S/C15H17ClN2/c1-12-5-3-4-6-14(12)11-18(2)10-13-7-8-17-15(16)9-13/h3-9H,10-11H2,1-2H3. The van der Waals surface area contributed by atoms with Crippen molar-refractivity contribution in [3.63, 3.8) is 0 Å². The molecule has 0 aliphatic rings. The molecule has 0 aliphatic carbocycles. The molecule has 0 spiro atoms. The van der Waals surface area contributed by atoms with Crippen LogP contribution in [0.1, 0.15) is 16.7 Å². The fraction of sp³-hybridized carbons (Fsp3) is 0.267. The van der Waals surface area contributed by atoms with Crippen LogP contribution in [0, 0.1) is 6.92 Å². The predicted molar refractivity (Wildman–Crippen MR) is 75.6 cm³/mol. The van der Waals surface area contributed by atoms with Gasteiger partial charge in [0.2, 0.25) is 0 Å². The van der Waals surface area contributed by atoms with Crippen LogP contribution in [0.3, 0.4) is 0 Å². The van der Waals surface area contributed by atoms with Gasteiger partial charge in [0.15, 0.2) is 0 Å². The van der Waals surface area contributed by atoms with Gasteiger partial charge < -0.3 is 0 Å². The van der Waals surface area contributed by atoms with Crippen LogP contribution in [-0.4, -0.2) is 16.9 Å². The summed E-state index contributed by atoms with van der Waals surface area (Å²) in [7, 11) is 2.11. The zero-order valence-corrected chi connectivity index (χ0v) is 11.5. The summed E-state index contributed by atoms with van der Waals surface area (Å²) in [5, 5.41) is 0.553. The molecule has 0 unspecified atom stereocenters. The first-order chi connectivity index (χ1) is 8.65. The number of hydrogen-bond acceptors (Lipinski definition) is 2. The van der Waals surface area contributed by atoms with Crippen LogP contribution in [0.2, 0.25) is 5.15 Å². The second-order valence-corrected chi connectivity index (χ2v) is 4.97. The highest BCUT2D eigenvalue weighted by Gasteiger charge is 2.04. The number of pyridine rings is 1. The molecule has 0 saturated carbocycles. The Bertz CT molecular complexity index is 525. The Kier molecular flexibility index (Phi) is 4.34. The van der Waals surface area contributed by atoms with E-state index in [9.17, 15) is 0 Å². The second-order valence-electron chi connectivity index (χ2n) is 4.59. The highest BCUT2D eigenvalue weighted by Crippen LogP contribution is 2.13. The molecule has 3 heteroatoms. The van der Waals surface area contributed by atoms with Crippen molar-refractivity contribution in [3.8, 4) is 0 Å². The number of halogens is 1. The Balaban J connectivity index is 2.01. The Labute approximate surface area is 113 Å². The predicted octanol–water partition coefficient (Wildman–Crippen LogP) is 3.68. The molecule has 2 nitrogen and oxygen atoms in total. The quantitative estimate of drug-likeness (QED) is 0.780. The Morgan fingerprint density at radius 2 is 1.94 bits per heavy atom. The Hall–Kier alpha value is -1.38. The van der Waals surface area contributed by atoms with Crippen LogP contribution >= 0.6 is 11.6 Å². The zero-order chi connectivity index (χ0) is 13.0. The van der Waals surface area contributed by atoms with E-state index in [-0.39, 0.29) is 0 Å². The lowest BCUT2D eigenvalue weighted by atomic mass is 10.1. The van der Waals surface area contributed by atoms with E-state index < -0.39 is 0 Å². The number of benzene rings is 1. The molecule has 0 atom stereocenters. The minimum atomic E-state index is 0.553. The Morgan fingerprint density at radius 3 is 2.67 bits per heavy atom. The zero-order valence-electron chi connectivity index (χ0n) is 10.7. The number of hydrogen-bond donors (Lipinski definition) is 0. The summed E-state index contributed by atoms with van der Waals surface area (Å²) >= 11 is 5.88. The van der Waals surface area contributed by atoms with Gasteiger partial charge in [-0.3, -0.25) is 4.90 Å². The third-order valence-corrected chi connectivity index (χ3v) is 3.15. The highest BCUT2D eigenvalue weighted by molar-refractivity contribution is 6.29. The monoisotopic (exact) mass is 260 g/mol. The number of rotatable bonds is 4. The van der Waals surface area contributed by atoms with Gasteiger partial charge >= 0.3 is 0 Å². The van der Waals surface area contributed by atoms with Crippen LogP contribution in [0.25, 0.3) is 0 Å². The van der Waals surface area contributed by atoms with Crippen molar-refractivity contribution in [2.24, 2.45) is 0 Å². The summed E-state index contributed by atoms with van der Waals surface area (Å²) in [6.07, 6.45) is 1.75. The fourth-order valence-electron chi connectivity index (χ4n) is 1.99. The largest absolute Gasteiger partial charge is 0.298 e. The smallest absolute Gasteiger partial charge is 0.129 e. The molecule has 1 aromatic carbocycles. The second kappa shape index (κ2) is 5.98. The maximum Gasteiger partial charge on any atom is 0.129 e. The topological polar surface area (TPSA) is 16.1 Å². The van der Waals surface area contributed by atoms with Gasteiger partial charge in [-0.2, -0.15) is 0 Å². The van der Waals surface area contributed by atoms with Crippen LogP contribution < -0.4 is 0 Å². The van der Waals surface area contributed by atoms with E-state index in [4.69, 9.17) is 11.6 Å². The van der Waals surface area contributed by atoms with E-state index in [2.05, 4.69) is 48.1 Å². The molecule has 0 radical (unpaired) electrons. The first kappa shape index (κ1) is 13.1. The van der Waals surface area contributed by atoms with Gasteiger partial charge in [-0.25, -0.2) is 4.98 Å². The van der Waals surface area contributed by atoms with Crippen molar-refractivity contribution in [3.05, 3.63) is 64.4 Å². The van der Waals surface area contributed by atoms with Crippen molar-refractivity contribution >= 4 is 11.6 Å². The molecule has 0 amide bonds. The molecule has 0 bridgehead atoms. The maximum absolute atomic E-state index is 5.88. The summed E-state index contributed by atoms with van der Waals surface area (Å²) < 4.78 is 0. The van der Waals surface area contributed by atoms with Gasteiger partial charge in [0.05, 0.1) is 0 Å². The molecule has 0 aliphatic heterocycles. The van der Waals surface area contributed by atoms with Crippen LogP contribution in [-0.2, 0) is 13.1 Å². The van der Waals surface area contributed by atoms with Crippen molar-refractivity contribution in [1.82, 2.24) is 9.88 Å². The summed E-state index contributed by atoms with van der Waals surface area (Å²) in [5.41, 5.74) is 3.88. The summed E-state index contributed by atoms with van der Waals surface area (Å²) in [6.45, 7) is 3.95. The van der Waals surface area contributed by atoms with E-state index in [1.807, 2.05) is 12.1 Å². The number of nitrogens with zero attached hydrogens (tertiary/aromatic N) is 2. The molecule has 0 saturated heterocycles. The normalized spacial score (nSPS) is 10.9. The van der Waals surface area contributed by atoms with E-state index in [0.717, 1.165) is 13.1 Å². The molecule has 94 valence electrons.